The van der Waals surface area contributed by atoms with Crippen LogP contribution in [0.5, 0.6) is 0 Å². The van der Waals surface area contributed by atoms with Crippen LogP contribution in [0.4, 0.5) is 0 Å². The fourth-order valence-corrected chi connectivity index (χ4v) is 3.06. The second kappa shape index (κ2) is 13.6. The van der Waals surface area contributed by atoms with Crippen LogP contribution in [0, 0.1) is 0 Å². The Morgan fingerprint density at radius 2 is 1.93 bits per heavy atom. The van der Waals surface area contributed by atoms with Crippen LogP contribution in [0.25, 0.3) is 0 Å². The van der Waals surface area contributed by atoms with E-state index >= 15 is 0 Å². The maximum atomic E-state index is 12.1. The number of benzene rings is 1. The van der Waals surface area contributed by atoms with Crippen molar-refractivity contribution in [1.82, 2.24) is 16.0 Å². The molecule has 0 spiro atoms. The Bertz CT molecular complexity index is 655. The molecule has 6 heteroatoms. The van der Waals surface area contributed by atoms with Gasteiger partial charge in [-0.15, -0.1) is 24.0 Å². The van der Waals surface area contributed by atoms with Gasteiger partial charge in [-0.05, 0) is 63.1 Å². The number of rotatable bonds is 8. The van der Waals surface area contributed by atoms with Crippen molar-refractivity contribution in [2.24, 2.45) is 4.99 Å². The summed E-state index contributed by atoms with van der Waals surface area (Å²) in [5.74, 6) is 0.795. The van der Waals surface area contributed by atoms with Gasteiger partial charge in [-0.25, -0.2) is 0 Å². The Hall–Kier alpha value is -1.57. The van der Waals surface area contributed by atoms with E-state index in [2.05, 4.69) is 33.9 Å². The van der Waals surface area contributed by atoms with Crippen molar-refractivity contribution in [2.45, 2.75) is 65.0 Å². The summed E-state index contributed by atoms with van der Waals surface area (Å²) in [7, 11) is 1.79. The summed E-state index contributed by atoms with van der Waals surface area (Å²) >= 11 is 0. The number of nitrogens with one attached hydrogen (secondary N) is 3. The van der Waals surface area contributed by atoms with Crippen molar-refractivity contribution in [3.63, 3.8) is 0 Å². The molecule has 0 bridgehead atoms. The van der Waals surface area contributed by atoms with Gasteiger partial charge in [0, 0.05) is 31.7 Å². The maximum absolute atomic E-state index is 12.1. The molecule has 0 aliphatic heterocycles. The number of halogens is 1. The van der Waals surface area contributed by atoms with E-state index in [1.54, 1.807) is 12.6 Å². The lowest BCUT2D eigenvalue weighted by Gasteiger charge is -2.15. The fourth-order valence-electron chi connectivity index (χ4n) is 3.06. The second-order valence-electron chi connectivity index (χ2n) is 7.19. The highest BCUT2D eigenvalue weighted by molar-refractivity contribution is 14.0. The average molecular weight is 498 g/mol. The Balaban J connectivity index is 0.00000392. The molecule has 0 radical (unpaired) electrons. The zero-order valence-corrected chi connectivity index (χ0v) is 19.7. The molecule has 3 N–H and O–H groups in total. The number of guanidine groups is 1. The van der Waals surface area contributed by atoms with Gasteiger partial charge in [-0.1, -0.05) is 30.7 Å². The predicted octanol–water partition coefficient (Wildman–Crippen LogP) is 4.39. The zero-order valence-electron chi connectivity index (χ0n) is 17.4. The van der Waals surface area contributed by atoms with Gasteiger partial charge < -0.3 is 16.0 Å². The molecule has 1 aromatic carbocycles. The van der Waals surface area contributed by atoms with Crippen LogP contribution >= 0.6 is 24.0 Å². The summed E-state index contributed by atoms with van der Waals surface area (Å²) in [5.41, 5.74) is 3.38. The minimum absolute atomic E-state index is 0. The van der Waals surface area contributed by atoms with Crippen LogP contribution in [0.15, 0.2) is 40.9 Å². The number of hydrogen-bond donors (Lipinski definition) is 3. The first-order valence-corrected chi connectivity index (χ1v) is 10.1. The molecule has 1 amide bonds. The van der Waals surface area contributed by atoms with E-state index in [9.17, 15) is 4.79 Å². The maximum Gasteiger partial charge on any atom is 0.251 e. The molecule has 28 heavy (non-hydrogen) atoms. The lowest BCUT2D eigenvalue weighted by Crippen LogP contribution is -2.37. The fraction of sp³-hybridized carbons (Fsp3) is 0.545. The van der Waals surface area contributed by atoms with Crippen LogP contribution in [-0.2, 0) is 6.54 Å². The lowest BCUT2D eigenvalue weighted by atomic mass is 9.97. The van der Waals surface area contributed by atoms with E-state index in [0.29, 0.717) is 12.1 Å². The van der Waals surface area contributed by atoms with Crippen molar-refractivity contribution in [1.29, 1.82) is 0 Å². The minimum Gasteiger partial charge on any atom is -0.356 e. The monoisotopic (exact) mass is 498 g/mol. The minimum atomic E-state index is -0.0154. The van der Waals surface area contributed by atoms with Crippen LogP contribution in [0.3, 0.4) is 0 Å². The number of carbonyl (C=O) groups is 1. The Kier molecular flexibility index (Phi) is 11.9. The Morgan fingerprint density at radius 1 is 1.18 bits per heavy atom. The third kappa shape index (κ3) is 8.63. The van der Waals surface area contributed by atoms with Crippen LogP contribution in [0.1, 0.15) is 68.3 Å². The Labute approximate surface area is 186 Å². The molecule has 1 unspecified atom stereocenters. The van der Waals surface area contributed by atoms with E-state index < -0.39 is 0 Å². The molecule has 1 atom stereocenters. The van der Waals surface area contributed by atoms with E-state index in [-0.39, 0.29) is 35.9 Å². The second-order valence-corrected chi connectivity index (χ2v) is 7.19. The summed E-state index contributed by atoms with van der Waals surface area (Å²) in [6.07, 6.45) is 9.53. The molecular weight excluding hydrogens is 463 g/mol. The lowest BCUT2D eigenvalue weighted by molar-refractivity contribution is 0.0939. The highest BCUT2D eigenvalue weighted by Crippen LogP contribution is 2.19. The van der Waals surface area contributed by atoms with Crippen molar-refractivity contribution < 1.29 is 4.79 Å². The number of nitrogens with zero attached hydrogens (tertiary/aromatic N) is 1. The van der Waals surface area contributed by atoms with Gasteiger partial charge >= 0.3 is 0 Å². The average Bonchev–Trinajstić information content (AvgIpc) is 2.71. The highest BCUT2D eigenvalue weighted by atomic mass is 127. The summed E-state index contributed by atoms with van der Waals surface area (Å²) < 4.78 is 0. The van der Waals surface area contributed by atoms with Gasteiger partial charge in [0.1, 0.15) is 0 Å². The van der Waals surface area contributed by atoms with Crippen molar-refractivity contribution >= 4 is 35.8 Å². The van der Waals surface area contributed by atoms with Crippen molar-refractivity contribution in [3.8, 4) is 0 Å². The molecule has 1 aliphatic rings. The van der Waals surface area contributed by atoms with Crippen LogP contribution < -0.4 is 16.0 Å². The molecule has 1 aliphatic carbocycles. The summed E-state index contributed by atoms with van der Waals surface area (Å²) in [6.45, 7) is 5.65. The van der Waals surface area contributed by atoms with Crippen LogP contribution in [0.2, 0.25) is 0 Å². The number of aliphatic imine (C=N–C) groups is 1. The van der Waals surface area contributed by atoms with E-state index in [0.717, 1.165) is 30.9 Å². The number of hydrogen-bond acceptors (Lipinski definition) is 2. The van der Waals surface area contributed by atoms with Gasteiger partial charge in [0.2, 0.25) is 0 Å². The predicted molar refractivity (Wildman–Crippen MR) is 128 cm³/mol. The molecule has 156 valence electrons. The molecular formula is C22H35IN4O. The van der Waals surface area contributed by atoms with Gasteiger partial charge in [-0.3, -0.25) is 9.79 Å². The van der Waals surface area contributed by atoms with E-state index in [1.165, 1.54) is 25.7 Å². The summed E-state index contributed by atoms with van der Waals surface area (Å²) in [5, 5.41) is 9.70. The van der Waals surface area contributed by atoms with Gasteiger partial charge in [0.05, 0.1) is 0 Å². The first kappa shape index (κ1) is 24.5. The van der Waals surface area contributed by atoms with Gasteiger partial charge in [0.15, 0.2) is 5.96 Å². The van der Waals surface area contributed by atoms with Gasteiger partial charge in [0.25, 0.3) is 5.91 Å². The van der Waals surface area contributed by atoms with Crippen molar-refractivity contribution in [3.05, 3.63) is 47.0 Å². The third-order valence-electron chi connectivity index (χ3n) is 5.01. The third-order valence-corrected chi connectivity index (χ3v) is 5.01. The molecule has 0 fully saturated rings. The normalized spacial score (nSPS) is 15.1. The number of carbonyl (C=O) groups excluding carboxylic acids is 1. The standard InChI is InChI=1S/C22H34N4O.HI/c1-4-17(2)26-21(27)20-12-10-19(11-13-20)16-25-22(23-3)24-15-14-18-8-6-5-7-9-18;/h8,10-13,17H,4-7,9,14-16H2,1-3H3,(H,26,27)(H2,23,24,25);1H. The first-order valence-electron chi connectivity index (χ1n) is 10.1. The molecule has 0 saturated carbocycles. The first-order chi connectivity index (χ1) is 13.1. The Morgan fingerprint density at radius 3 is 2.54 bits per heavy atom. The van der Waals surface area contributed by atoms with Crippen LogP contribution in [-0.4, -0.2) is 31.5 Å². The van der Waals surface area contributed by atoms with Gasteiger partial charge in [-0.2, -0.15) is 0 Å². The molecule has 5 nitrogen and oxygen atoms in total. The molecule has 0 saturated heterocycles. The SMILES string of the molecule is CCC(C)NC(=O)c1ccc(CNC(=NC)NCCC2=CCCCC2)cc1.I. The highest BCUT2D eigenvalue weighted by Gasteiger charge is 2.08. The largest absolute Gasteiger partial charge is 0.356 e. The quantitative estimate of drug-likeness (QED) is 0.216. The van der Waals surface area contributed by atoms with E-state index in [1.807, 2.05) is 31.2 Å². The smallest absolute Gasteiger partial charge is 0.251 e. The molecule has 2 rings (SSSR count). The zero-order chi connectivity index (χ0) is 19.5. The number of allylic oxidation sites excluding steroid dienone is 1. The molecule has 0 heterocycles. The molecule has 1 aromatic rings. The number of amides is 1. The topological polar surface area (TPSA) is 65.5 Å². The molecule has 0 aromatic heterocycles. The summed E-state index contributed by atoms with van der Waals surface area (Å²) in [4.78, 5) is 16.4. The summed E-state index contributed by atoms with van der Waals surface area (Å²) in [6, 6.07) is 7.91. The van der Waals surface area contributed by atoms with Crippen molar-refractivity contribution in [2.75, 3.05) is 13.6 Å². The van der Waals surface area contributed by atoms with E-state index in [4.69, 9.17) is 0 Å².